The smallest absolute Gasteiger partial charge is 0.227 e. The lowest BCUT2D eigenvalue weighted by Gasteiger charge is -2.26. The van der Waals surface area contributed by atoms with Gasteiger partial charge in [0.1, 0.15) is 0 Å². The zero-order valence-corrected chi connectivity index (χ0v) is 10.0. The summed E-state index contributed by atoms with van der Waals surface area (Å²) in [5.41, 5.74) is 0. The van der Waals surface area contributed by atoms with Gasteiger partial charge in [-0.05, 0) is 18.8 Å². The van der Waals surface area contributed by atoms with Crippen LogP contribution in [-0.4, -0.2) is 21.4 Å². The van der Waals surface area contributed by atoms with Crippen molar-refractivity contribution in [1.82, 2.24) is 10.1 Å². The van der Waals surface area contributed by atoms with Crippen molar-refractivity contribution < 1.29 is 9.63 Å². The van der Waals surface area contributed by atoms with Crippen molar-refractivity contribution in [3.05, 3.63) is 11.7 Å². The first-order chi connectivity index (χ1) is 7.66. The first-order valence-corrected chi connectivity index (χ1v) is 6.17. The summed E-state index contributed by atoms with van der Waals surface area (Å²) in [5, 5.41) is 13.8. The van der Waals surface area contributed by atoms with Gasteiger partial charge in [0.2, 0.25) is 5.89 Å². The zero-order chi connectivity index (χ0) is 11.5. The van der Waals surface area contributed by atoms with Gasteiger partial charge in [-0.25, -0.2) is 0 Å². The Labute approximate surface area is 96.1 Å². The Kier molecular flexibility index (Phi) is 3.59. The maximum atomic E-state index is 9.86. The fraction of sp³-hybridized carbons (Fsp3) is 0.833. The molecule has 0 saturated heterocycles. The van der Waals surface area contributed by atoms with Crippen molar-refractivity contribution in [1.29, 1.82) is 0 Å². The van der Waals surface area contributed by atoms with Crippen LogP contribution in [0.25, 0.3) is 0 Å². The number of aromatic nitrogens is 2. The molecule has 1 N–H and O–H groups in total. The standard InChI is InChI=1S/C12H20N2O2/c1-8(2)12-13-11(16-14-12)7-9-5-3-4-6-10(9)15/h8-10,15H,3-7H2,1-2H3. The van der Waals surface area contributed by atoms with Crippen molar-refractivity contribution in [2.24, 2.45) is 5.92 Å². The van der Waals surface area contributed by atoms with Crippen LogP contribution in [-0.2, 0) is 6.42 Å². The molecule has 1 fully saturated rings. The van der Waals surface area contributed by atoms with Gasteiger partial charge in [-0.3, -0.25) is 0 Å². The van der Waals surface area contributed by atoms with Crippen molar-refractivity contribution in [2.45, 2.75) is 58.0 Å². The van der Waals surface area contributed by atoms with Gasteiger partial charge in [-0.1, -0.05) is 31.8 Å². The number of hydrogen-bond acceptors (Lipinski definition) is 4. The highest BCUT2D eigenvalue weighted by atomic mass is 16.5. The van der Waals surface area contributed by atoms with Gasteiger partial charge < -0.3 is 9.63 Å². The summed E-state index contributed by atoms with van der Waals surface area (Å²) >= 11 is 0. The topological polar surface area (TPSA) is 59.2 Å². The summed E-state index contributed by atoms with van der Waals surface area (Å²) in [4.78, 5) is 4.35. The summed E-state index contributed by atoms with van der Waals surface area (Å²) in [7, 11) is 0. The Morgan fingerprint density at radius 2 is 2.12 bits per heavy atom. The molecule has 4 heteroatoms. The average Bonchev–Trinajstić information content (AvgIpc) is 2.70. The molecule has 1 aromatic heterocycles. The first-order valence-electron chi connectivity index (χ1n) is 6.17. The van der Waals surface area contributed by atoms with Crippen LogP contribution in [0.2, 0.25) is 0 Å². The molecule has 1 heterocycles. The second-order valence-corrected chi connectivity index (χ2v) is 5.02. The maximum Gasteiger partial charge on any atom is 0.227 e. The Morgan fingerprint density at radius 1 is 1.38 bits per heavy atom. The van der Waals surface area contributed by atoms with E-state index in [-0.39, 0.29) is 6.10 Å². The third-order valence-corrected chi connectivity index (χ3v) is 3.31. The zero-order valence-electron chi connectivity index (χ0n) is 10.0. The van der Waals surface area contributed by atoms with Gasteiger partial charge in [0, 0.05) is 12.3 Å². The predicted molar refractivity (Wildman–Crippen MR) is 60.1 cm³/mol. The molecule has 1 saturated carbocycles. The molecular weight excluding hydrogens is 204 g/mol. The van der Waals surface area contributed by atoms with Crippen molar-refractivity contribution in [3.63, 3.8) is 0 Å². The van der Waals surface area contributed by atoms with E-state index in [1.807, 2.05) is 13.8 Å². The minimum Gasteiger partial charge on any atom is -0.393 e. The normalized spacial score (nSPS) is 26.2. The molecule has 0 aliphatic heterocycles. The molecule has 2 unspecified atom stereocenters. The molecule has 4 nitrogen and oxygen atoms in total. The molecule has 1 aromatic rings. The van der Waals surface area contributed by atoms with E-state index in [1.54, 1.807) is 0 Å². The van der Waals surface area contributed by atoms with Crippen molar-refractivity contribution in [2.75, 3.05) is 0 Å². The van der Waals surface area contributed by atoms with E-state index in [1.165, 1.54) is 6.42 Å². The minimum absolute atomic E-state index is 0.192. The highest BCUT2D eigenvalue weighted by Gasteiger charge is 2.25. The SMILES string of the molecule is CC(C)c1noc(CC2CCCCC2O)n1. The Balaban J connectivity index is 1.97. The lowest BCUT2D eigenvalue weighted by molar-refractivity contribution is 0.0657. The molecule has 1 aliphatic rings. The van der Waals surface area contributed by atoms with E-state index in [0.29, 0.717) is 17.7 Å². The molecule has 2 rings (SSSR count). The van der Waals surface area contributed by atoms with E-state index in [0.717, 1.165) is 31.5 Å². The number of nitrogens with zero attached hydrogens (tertiary/aromatic N) is 2. The molecule has 16 heavy (non-hydrogen) atoms. The lowest BCUT2D eigenvalue weighted by Crippen LogP contribution is -2.26. The number of aliphatic hydroxyl groups is 1. The van der Waals surface area contributed by atoms with Gasteiger partial charge >= 0.3 is 0 Å². The maximum absolute atomic E-state index is 9.86. The average molecular weight is 224 g/mol. The summed E-state index contributed by atoms with van der Waals surface area (Å²) < 4.78 is 5.20. The minimum atomic E-state index is -0.192. The predicted octanol–water partition coefficient (Wildman–Crippen LogP) is 2.29. The summed E-state index contributed by atoms with van der Waals surface area (Å²) in [5.74, 6) is 2.04. The van der Waals surface area contributed by atoms with Crippen LogP contribution < -0.4 is 0 Å². The highest BCUT2D eigenvalue weighted by molar-refractivity contribution is 4.93. The molecule has 2 atom stereocenters. The number of hydrogen-bond donors (Lipinski definition) is 1. The molecule has 0 radical (unpaired) electrons. The van der Waals surface area contributed by atoms with Crippen molar-refractivity contribution in [3.8, 4) is 0 Å². The van der Waals surface area contributed by atoms with Crippen LogP contribution in [0.15, 0.2) is 4.52 Å². The van der Waals surface area contributed by atoms with E-state index < -0.39 is 0 Å². The Hall–Kier alpha value is -0.900. The number of aliphatic hydroxyl groups excluding tert-OH is 1. The number of rotatable bonds is 3. The molecule has 90 valence electrons. The van der Waals surface area contributed by atoms with Crippen molar-refractivity contribution >= 4 is 0 Å². The molecule has 0 aromatic carbocycles. The largest absolute Gasteiger partial charge is 0.393 e. The quantitative estimate of drug-likeness (QED) is 0.855. The monoisotopic (exact) mass is 224 g/mol. The van der Waals surface area contributed by atoms with Gasteiger partial charge in [0.05, 0.1) is 6.10 Å². The van der Waals surface area contributed by atoms with E-state index in [2.05, 4.69) is 10.1 Å². The second kappa shape index (κ2) is 4.95. The summed E-state index contributed by atoms with van der Waals surface area (Å²) in [6, 6.07) is 0. The van der Waals surface area contributed by atoms with E-state index in [4.69, 9.17) is 4.52 Å². The van der Waals surface area contributed by atoms with Crippen LogP contribution >= 0.6 is 0 Å². The van der Waals surface area contributed by atoms with Crippen LogP contribution in [0, 0.1) is 5.92 Å². The fourth-order valence-electron chi connectivity index (χ4n) is 2.24. The van der Waals surface area contributed by atoms with E-state index in [9.17, 15) is 5.11 Å². The van der Waals surface area contributed by atoms with E-state index >= 15 is 0 Å². The molecule has 0 spiro atoms. The Morgan fingerprint density at radius 3 is 2.75 bits per heavy atom. The molecule has 0 bridgehead atoms. The van der Waals surface area contributed by atoms with Crippen LogP contribution in [0.3, 0.4) is 0 Å². The summed E-state index contributed by atoms with van der Waals surface area (Å²) in [6.07, 6.45) is 4.85. The van der Waals surface area contributed by atoms with Crippen LogP contribution in [0.4, 0.5) is 0 Å². The van der Waals surface area contributed by atoms with Gasteiger partial charge in [-0.15, -0.1) is 0 Å². The second-order valence-electron chi connectivity index (χ2n) is 5.02. The molecule has 1 aliphatic carbocycles. The molecule has 0 amide bonds. The fourth-order valence-corrected chi connectivity index (χ4v) is 2.24. The third kappa shape index (κ3) is 2.61. The third-order valence-electron chi connectivity index (χ3n) is 3.31. The summed E-state index contributed by atoms with van der Waals surface area (Å²) in [6.45, 7) is 4.09. The van der Waals surface area contributed by atoms with Gasteiger partial charge in [0.25, 0.3) is 0 Å². The first kappa shape index (κ1) is 11.6. The van der Waals surface area contributed by atoms with Crippen LogP contribution in [0.1, 0.15) is 57.2 Å². The van der Waals surface area contributed by atoms with Gasteiger partial charge in [0.15, 0.2) is 5.82 Å². The highest BCUT2D eigenvalue weighted by Crippen LogP contribution is 2.27. The van der Waals surface area contributed by atoms with Crippen LogP contribution in [0.5, 0.6) is 0 Å². The lowest BCUT2D eigenvalue weighted by atomic mass is 9.84. The Bertz CT molecular complexity index is 336. The van der Waals surface area contributed by atoms with Gasteiger partial charge in [-0.2, -0.15) is 4.98 Å². The molecular formula is C12H20N2O2.